The van der Waals surface area contributed by atoms with Gasteiger partial charge in [0.25, 0.3) is 0 Å². The van der Waals surface area contributed by atoms with E-state index in [1.54, 1.807) is 4.90 Å². The molecule has 1 fully saturated rings. The molecule has 0 N–H and O–H groups in total. The first kappa shape index (κ1) is 26.3. The number of rotatable bonds is 12. The molecule has 1 heterocycles. The summed E-state index contributed by atoms with van der Waals surface area (Å²) in [6.45, 7) is 6.19. The summed E-state index contributed by atoms with van der Waals surface area (Å²) in [5.74, 6) is 0.165. The Labute approximate surface area is 210 Å². The molecular weight excluding hydrogens is 446 g/mol. The van der Waals surface area contributed by atoms with Crippen LogP contribution in [-0.4, -0.2) is 45.3 Å². The molecular formula is C28H40ClN3O2. The van der Waals surface area contributed by atoms with E-state index in [0.29, 0.717) is 26.1 Å². The predicted molar refractivity (Wildman–Crippen MR) is 139 cm³/mol. The van der Waals surface area contributed by atoms with Gasteiger partial charge in [0.1, 0.15) is 0 Å². The Hall–Kier alpha value is -2.27. The van der Waals surface area contributed by atoms with E-state index in [1.807, 2.05) is 35.2 Å². The van der Waals surface area contributed by atoms with Gasteiger partial charge in [-0.2, -0.15) is 0 Å². The molecule has 1 aromatic carbocycles. The number of amides is 2. The maximum absolute atomic E-state index is 13.7. The molecule has 2 amide bonds. The summed E-state index contributed by atoms with van der Waals surface area (Å²) < 4.78 is 2.18. The zero-order valence-electron chi connectivity index (χ0n) is 20.8. The lowest BCUT2D eigenvalue weighted by Crippen LogP contribution is -2.47. The molecule has 1 aliphatic rings. The Morgan fingerprint density at radius 2 is 1.76 bits per heavy atom. The van der Waals surface area contributed by atoms with Gasteiger partial charge in [-0.15, -0.1) is 0 Å². The third kappa shape index (κ3) is 7.36. The van der Waals surface area contributed by atoms with Crippen LogP contribution in [0.4, 0.5) is 0 Å². The largest absolute Gasteiger partial charge is 0.345 e. The first-order valence-electron chi connectivity index (χ1n) is 13.0. The molecule has 0 saturated heterocycles. The number of hydrogen-bond acceptors (Lipinski definition) is 2. The van der Waals surface area contributed by atoms with E-state index in [9.17, 15) is 9.59 Å². The number of carbonyl (C=O) groups excluding carboxylic acids is 2. The van der Waals surface area contributed by atoms with Gasteiger partial charge in [-0.05, 0) is 49.4 Å². The van der Waals surface area contributed by atoms with Gasteiger partial charge in [-0.1, -0.05) is 69.3 Å². The number of benzene rings is 1. The van der Waals surface area contributed by atoms with E-state index in [-0.39, 0.29) is 24.4 Å². The van der Waals surface area contributed by atoms with Crippen molar-refractivity contribution in [2.24, 2.45) is 0 Å². The van der Waals surface area contributed by atoms with Crippen LogP contribution in [0.15, 0.2) is 42.6 Å². The van der Waals surface area contributed by atoms with E-state index in [0.717, 1.165) is 61.2 Å². The van der Waals surface area contributed by atoms with Crippen molar-refractivity contribution in [3.05, 3.63) is 58.9 Å². The minimum absolute atomic E-state index is 0.0655. The Morgan fingerprint density at radius 1 is 1.00 bits per heavy atom. The molecule has 1 aromatic heterocycles. The third-order valence-corrected chi connectivity index (χ3v) is 7.18. The Balaban J connectivity index is 1.77. The third-order valence-electron chi connectivity index (χ3n) is 6.81. The summed E-state index contributed by atoms with van der Waals surface area (Å²) in [4.78, 5) is 30.3. The van der Waals surface area contributed by atoms with E-state index >= 15 is 0 Å². The summed E-state index contributed by atoms with van der Waals surface area (Å²) in [6.07, 6.45) is 10.9. The standard InChI is InChI=1S/C28H40ClN3O2/c1-3-5-17-27(33)31(18-4-2)22-28(34)32(24-13-7-6-8-14-24)21-25-15-11-19-30(25)20-23-12-9-10-16-26(23)29/h9-12,15-16,19,24H,3-8,13-14,17-18,20-22H2,1-2H3. The average molecular weight is 486 g/mol. The molecule has 6 heteroatoms. The molecule has 0 unspecified atom stereocenters. The van der Waals surface area contributed by atoms with Crippen LogP contribution in [0, 0.1) is 0 Å². The van der Waals surface area contributed by atoms with E-state index in [4.69, 9.17) is 11.6 Å². The van der Waals surface area contributed by atoms with Gasteiger partial charge in [-0.25, -0.2) is 0 Å². The molecule has 0 atom stereocenters. The van der Waals surface area contributed by atoms with Crippen molar-refractivity contribution in [2.75, 3.05) is 13.1 Å². The lowest BCUT2D eigenvalue weighted by atomic mass is 9.94. The van der Waals surface area contributed by atoms with E-state index in [2.05, 4.69) is 30.7 Å². The van der Waals surface area contributed by atoms with Crippen molar-refractivity contribution in [3.8, 4) is 0 Å². The summed E-state index contributed by atoms with van der Waals surface area (Å²) in [5.41, 5.74) is 2.16. The maximum Gasteiger partial charge on any atom is 0.242 e. The highest BCUT2D eigenvalue weighted by molar-refractivity contribution is 6.31. The lowest BCUT2D eigenvalue weighted by Gasteiger charge is -2.36. The van der Waals surface area contributed by atoms with Crippen molar-refractivity contribution in [1.82, 2.24) is 14.4 Å². The van der Waals surface area contributed by atoms with Crippen LogP contribution in [0.5, 0.6) is 0 Å². The van der Waals surface area contributed by atoms with Crippen molar-refractivity contribution >= 4 is 23.4 Å². The average Bonchev–Trinajstić information content (AvgIpc) is 3.29. The normalized spacial score (nSPS) is 14.2. The quantitative estimate of drug-likeness (QED) is 0.355. The van der Waals surface area contributed by atoms with Crippen LogP contribution >= 0.6 is 11.6 Å². The molecule has 3 rings (SSSR count). The van der Waals surface area contributed by atoms with Gasteiger partial charge in [0.05, 0.1) is 13.1 Å². The molecule has 0 aliphatic heterocycles. The van der Waals surface area contributed by atoms with Gasteiger partial charge in [0.15, 0.2) is 0 Å². The van der Waals surface area contributed by atoms with Gasteiger partial charge in [0.2, 0.25) is 11.8 Å². The van der Waals surface area contributed by atoms with E-state index < -0.39 is 0 Å². The summed E-state index contributed by atoms with van der Waals surface area (Å²) in [6, 6.07) is 12.3. The van der Waals surface area contributed by atoms with E-state index in [1.165, 1.54) is 6.42 Å². The lowest BCUT2D eigenvalue weighted by molar-refractivity contribution is -0.143. The fourth-order valence-electron chi connectivity index (χ4n) is 4.85. The molecule has 0 radical (unpaired) electrons. The molecule has 0 spiro atoms. The Kier molecular flexibility index (Phi) is 10.5. The van der Waals surface area contributed by atoms with Crippen molar-refractivity contribution in [2.45, 2.75) is 90.8 Å². The van der Waals surface area contributed by atoms with Gasteiger partial charge >= 0.3 is 0 Å². The molecule has 186 valence electrons. The van der Waals surface area contributed by atoms with Gasteiger partial charge in [-0.3, -0.25) is 9.59 Å². The summed E-state index contributed by atoms with van der Waals surface area (Å²) in [5, 5.41) is 0.753. The highest BCUT2D eigenvalue weighted by Crippen LogP contribution is 2.25. The van der Waals surface area contributed by atoms with Crippen molar-refractivity contribution < 1.29 is 9.59 Å². The number of unbranched alkanes of at least 4 members (excludes halogenated alkanes) is 1. The minimum Gasteiger partial charge on any atom is -0.345 e. The molecule has 0 bridgehead atoms. The van der Waals surface area contributed by atoms with Crippen molar-refractivity contribution in [3.63, 3.8) is 0 Å². The fraction of sp³-hybridized carbons (Fsp3) is 0.571. The second-order valence-corrected chi connectivity index (χ2v) is 9.86. The maximum atomic E-state index is 13.7. The van der Waals surface area contributed by atoms with Crippen molar-refractivity contribution in [1.29, 1.82) is 0 Å². The predicted octanol–water partition coefficient (Wildman–Crippen LogP) is 6.28. The fourth-order valence-corrected chi connectivity index (χ4v) is 5.04. The highest BCUT2D eigenvalue weighted by Gasteiger charge is 2.28. The number of hydrogen-bond donors (Lipinski definition) is 0. The highest BCUT2D eigenvalue weighted by atomic mass is 35.5. The minimum atomic E-state index is 0.0655. The number of aromatic nitrogens is 1. The molecule has 34 heavy (non-hydrogen) atoms. The first-order chi connectivity index (χ1) is 16.5. The Bertz CT molecular complexity index is 920. The van der Waals surface area contributed by atoms with Crippen LogP contribution < -0.4 is 0 Å². The van der Waals surface area contributed by atoms with Gasteiger partial charge < -0.3 is 14.4 Å². The zero-order chi connectivity index (χ0) is 24.3. The number of carbonyl (C=O) groups is 2. The molecule has 1 saturated carbocycles. The second-order valence-electron chi connectivity index (χ2n) is 9.45. The number of nitrogens with zero attached hydrogens (tertiary/aromatic N) is 3. The van der Waals surface area contributed by atoms with Crippen LogP contribution in [0.2, 0.25) is 5.02 Å². The molecule has 2 aromatic rings. The van der Waals surface area contributed by atoms with Crippen LogP contribution in [0.1, 0.15) is 82.9 Å². The van der Waals surface area contributed by atoms with Gasteiger partial charge in [0, 0.05) is 42.5 Å². The Morgan fingerprint density at radius 3 is 2.47 bits per heavy atom. The smallest absolute Gasteiger partial charge is 0.242 e. The van der Waals surface area contributed by atoms with Crippen LogP contribution in [-0.2, 0) is 22.7 Å². The summed E-state index contributed by atoms with van der Waals surface area (Å²) >= 11 is 6.41. The SMILES string of the molecule is CCCCC(=O)N(CCC)CC(=O)N(Cc1cccn1Cc1ccccc1Cl)C1CCCCC1. The summed E-state index contributed by atoms with van der Waals surface area (Å²) in [7, 11) is 0. The van der Waals surface area contributed by atoms with Crippen LogP contribution in [0.3, 0.4) is 0 Å². The number of halogens is 1. The van der Waals surface area contributed by atoms with Crippen LogP contribution in [0.25, 0.3) is 0 Å². The monoisotopic (exact) mass is 485 g/mol. The molecule has 5 nitrogen and oxygen atoms in total. The first-order valence-corrected chi connectivity index (χ1v) is 13.4. The molecule has 1 aliphatic carbocycles. The zero-order valence-corrected chi connectivity index (χ0v) is 21.6. The topological polar surface area (TPSA) is 45.6 Å². The second kappa shape index (κ2) is 13.6.